The van der Waals surface area contributed by atoms with E-state index in [0.29, 0.717) is 18.0 Å². The fraction of sp³-hybridized carbons (Fsp3) is 0.750. The zero-order chi connectivity index (χ0) is 12.3. The molecule has 1 aromatic heterocycles. The van der Waals surface area contributed by atoms with Gasteiger partial charge in [-0.15, -0.1) is 11.3 Å². The van der Waals surface area contributed by atoms with E-state index in [4.69, 9.17) is 5.73 Å². The standard InChI is InChI=1S/C12H23N3S/c1-9(12(2,3)4)15(5)7-10-8-16-11(6-13)14-10/h8-9H,6-7,13H2,1-5H3. The zero-order valence-corrected chi connectivity index (χ0v) is 11.8. The molecule has 1 unspecified atom stereocenters. The highest BCUT2D eigenvalue weighted by Crippen LogP contribution is 2.24. The Hall–Kier alpha value is -0.450. The molecule has 1 aromatic rings. The van der Waals surface area contributed by atoms with Crippen LogP contribution in [0.4, 0.5) is 0 Å². The van der Waals surface area contributed by atoms with Gasteiger partial charge in [0.25, 0.3) is 0 Å². The number of rotatable bonds is 4. The molecule has 0 aromatic carbocycles. The molecule has 0 amide bonds. The van der Waals surface area contributed by atoms with E-state index >= 15 is 0 Å². The van der Waals surface area contributed by atoms with E-state index in [2.05, 4.69) is 50.0 Å². The summed E-state index contributed by atoms with van der Waals surface area (Å²) >= 11 is 1.65. The van der Waals surface area contributed by atoms with Crippen LogP contribution in [0.5, 0.6) is 0 Å². The molecule has 1 rings (SSSR count). The average Bonchev–Trinajstić information content (AvgIpc) is 2.63. The predicted molar refractivity (Wildman–Crippen MR) is 70.4 cm³/mol. The first kappa shape index (κ1) is 13.6. The predicted octanol–water partition coefficient (Wildman–Crippen LogP) is 2.47. The Labute approximate surface area is 103 Å². The Bertz CT molecular complexity index is 327. The van der Waals surface area contributed by atoms with Crippen LogP contribution in [0, 0.1) is 5.41 Å². The van der Waals surface area contributed by atoms with Gasteiger partial charge in [-0.2, -0.15) is 0 Å². The SMILES string of the molecule is CC(N(C)Cc1csc(CN)n1)C(C)(C)C. The number of aromatic nitrogens is 1. The molecule has 1 heterocycles. The van der Waals surface area contributed by atoms with Gasteiger partial charge in [-0.05, 0) is 19.4 Å². The van der Waals surface area contributed by atoms with Gasteiger partial charge in [0, 0.05) is 24.5 Å². The second kappa shape index (κ2) is 5.25. The molecule has 16 heavy (non-hydrogen) atoms. The number of nitrogens with two attached hydrogens (primary N) is 1. The lowest BCUT2D eigenvalue weighted by Gasteiger charge is -2.35. The van der Waals surface area contributed by atoms with Crippen molar-refractivity contribution in [1.29, 1.82) is 0 Å². The second-order valence-electron chi connectivity index (χ2n) is 5.39. The highest BCUT2D eigenvalue weighted by atomic mass is 32.1. The largest absolute Gasteiger partial charge is 0.325 e. The van der Waals surface area contributed by atoms with Gasteiger partial charge in [-0.3, -0.25) is 4.90 Å². The van der Waals surface area contributed by atoms with Gasteiger partial charge in [0.2, 0.25) is 0 Å². The Balaban J connectivity index is 2.60. The van der Waals surface area contributed by atoms with Crippen molar-refractivity contribution in [2.75, 3.05) is 7.05 Å². The van der Waals surface area contributed by atoms with Gasteiger partial charge in [0.1, 0.15) is 5.01 Å². The third-order valence-corrected chi connectivity index (χ3v) is 4.02. The van der Waals surface area contributed by atoms with E-state index in [1.165, 1.54) is 0 Å². The Morgan fingerprint density at radius 2 is 2.12 bits per heavy atom. The van der Waals surface area contributed by atoms with Crippen molar-refractivity contribution in [3.05, 3.63) is 16.1 Å². The third-order valence-electron chi connectivity index (χ3n) is 3.10. The Morgan fingerprint density at radius 3 is 2.56 bits per heavy atom. The summed E-state index contributed by atoms with van der Waals surface area (Å²) in [7, 11) is 2.15. The Kier molecular flexibility index (Phi) is 4.47. The molecule has 4 heteroatoms. The van der Waals surface area contributed by atoms with Gasteiger partial charge < -0.3 is 5.73 Å². The number of hydrogen-bond donors (Lipinski definition) is 1. The summed E-state index contributed by atoms with van der Waals surface area (Å²) < 4.78 is 0. The maximum Gasteiger partial charge on any atom is 0.106 e. The Morgan fingerprint density at radius 1 is 1.50 bits per heavy atom. The minimum absolute atomic E-state index is 0.293. The zero-order valence-electron chi connectivity index (χ0n) is 10.9. The van der Waals surface area contributed by atoms with Crippen molar-refractivity contribution >= 4 is 11.3 Å². The highest BCUT2D eigenvalue weighted by Gasteiger charge is 2.24. The molecule has 0 radical (unpaired) electrons. The quantitative estimate of drug-likeness (QED) is 0.880. The van der Waals surface area contributed by atoms with Gasteiger partial charge in [-0.25, -0.2) is 4.98 Å². The fourth-order valence-corrected chi connectivity index (χ4v) is 2.23. The monoisotopic (exact) mass is 241 g/mol. The van der Waals surface area contributed by atoms with Crippen molar-refractivity contribution < 1.29 is 0 Å². The molecule has 0 fully saturated rings. The summed E-state index contributed by atoms with van der Waals surface area (Å²) in [4.78, 5) is 6.83. The van der Waals surface area contributed by atoms with Crippen LogP contribution >= 0.6 is 11.3 Å². The van der Waals surface area contributed by atoms with Crippen molar-refractivity contribution in [3.63, 3.8) is 0 Å². The lowest BCUT2D eigenvalue weighted by atomic mass is 9.87. The number of nitrogens with zero attached hydrogens (tertiary/aromatic N) is 2. The number of hydrogen-bond acceptors (Lipinski definition) is 4. The maximum atomic E-state index is 5.56. The molecule has 92 valence electrons. The minimum atomic E-state index is 0.293. The lowest BCUT2D eigenvalue weighted by Crippen LogP contribution is -2.38. The molecule has 0 spiro atoms. The molecular formula is C12H23N3S. The van der Waals surface area contributed by atoms with Gasteiger partial charge in [-0.1, -0.05) is 20.8 Å². The van der Waals surface area contributed by atoms with Crippen LogP contribution in [0.3, 0.4) is 0 Å². The first-order valence-electron chi connectivity index (χ1n) is 5.68. The molecule has 0 aliphatic heterocycles. The summed E-state index contributed by atoms with van der Waals surface area (Å²) in [6, 6.07) is 0.524. The van der Waals surface area contributed by atoms with E-state index < -0.39 is 0 Å². The van der Waals surface area contributed by atoms with Gasteiger partial charge in [0.15, 0.2) is 0 Å². The van der Waals surface area contributed by atoms with Crippen LogP contribution in [0.15, 0.2) is 5.38 Å². The molecule has 0 saturated heterocycles. The van der Waals surface area contributed by atoms with Crippen LogP contribution in [0.2, 0.25) is 0 Å². The summed E-state index contributed by atoms with van der Waals surface area (Å²) in [5.74, 6) is 0. The van der Waals surface area contributed by atoms with Crippen molar-refractivity contribution in [2.24, 2.45) is 11.1 Å². The van der Waals surface area contributed by atoms with E-state index in [1.54, 1.807) is 11.3 Å². The molecule has 0 saturated carbocycles. The van der Waals surface area contributed by atoms with Gasteiger partial charge >= 0.3 is 0 Å². The third kappa shape index (κ3) is 3.54. The second-order valence-corrected chi connectivity index (χ2v) is 6.34. The normalized spacial score (nSPS) is 14.4. The summed E-state index contributed by atoms with van der Waals surface area (Å²) in [5.41, 5.74) is 6.98. The van der Waals surface area contributed by atoms with E-state index in [-0.39, 0.29) is 0 Å². The minimum Gasteiger partial charge on any atom is -0.325 e. The maximum absolute atomic E-state index is 5.56. The van der Waals surface area contributed by atoms with E-state index in [9.17, 15) is 0 Å². The van der Waals surface area contributed by atoms with Crippen LogP contribution in [0.25, 0.3) is 0 Å². The van der Waals surface area contributed by atoms with E-state index in [0.717, 1.165) is 17.2 Å². The smallest absolute Gasteiger partial charge is 0.106 e. The van der Waals surface area contributed by atoms with Crippen molar-refractivity contribution in [2.45, 2.75) is 46.8 Å². The molecule has 3 nitrogen and oxygen atoms in total. The first-order chi connectivity index (χ1) is 7.34. The molecule has 0 bridgehead atoms. The van der Waals surface area contributed by atoms with Gasteiger partial charge in [0.05, 0.1) is 5.69 Å². The molecule has 0 aliphatic rings. The molecule has 1 atom stereocenters. The molecular weight excluding hydrogens is 218 g/mol. The number of thiazole rings is 1. The molecule has 2 N–H and O–H groups in total. The van der Waals surface area contributed by atoms with Crippen molar-refractivity contribution in [1.82, 2.24) is 9.88 Å². The van der Waals surface area contributed by atoms with Crippen LogP contribution in [0.1, 0.15) is 38.4 Å². The van der Waals surface area contributed by atoms with E-state index in [1.807, 2.05) is 0 Å². The van der Waals surface area contributed by atoms with Crippen molar-refractivity contribution in [3.8, 4) is 0 Å². The van der Waals surface area contributed by atoms with Crippen LogP contribution < -0.4 is 5.73 Å². The summed E-state index contributed by atoms with van der Waals surface area (Å²) in [6.07, 6.45) is 0. The topological polar surface area (TPSA) is 42.1 Å². The molecule has 0 aliphatic carbocycles. The van der Waals surface area contributed by atoms with Crippen LogP contribution in [-0.4, -0.2) is 23.0 Å². The summed E-state index contributed by atoms with van der Waals surface area (Å²) in [6.45, 7) is 10.5. The average molecular weight is 241 g/mol. The fourth-order valence-electron chi connectivity index (χ4n) is 1.57. The highest BCUT2D eigenvalue weighted by molar-refractivity contribution is 7.09. The lowest BCUT2D eigenvalue weighted by molar-refractivity contribution is 0.133. The van der Waals surface area contributed by atoms with Crippen LogP contribution in [-0.2, 0) is 13.1 Å². The first-order valence-corrected chi connectivity index (χ1v) is 6.56. The summed E-state index contributed by atoms with van der Waals surface area (Å²) in [5, 5.41) is 3.13.